The topological polar surface area (TPSA) is 84.2 Å². The molecule has 0 saturated heterocycles. The first kappa shape index (κ1) is 12.9. The van der Waals surface area contributed by atoms with Crippen molar-refractivity contribution in [2.24, 2.45) is 11.1 Å². The van der Waals surface area contributed by atoms with Crippen LogP contribution < -0.4 is 16.4 Å². The molecule has 0 aliphatic heterocycles. The molecule has 2 amide bonds. The minimum Gasteiger partial charge on any atom is -0.355 e. The summed E-state index contributed by atoms with van der Waals surface area (Å²) >= 11 is 0. The second-order valence-corrected chi connectivity index (χ2v) is 3.83. The Hall–Kier alpha value is -1.10. The van der Waals surface area contributed by atoms with Gasteiger partial charge in [0.1, 0.15) is 0 Å². The molecule has 0 unspecified atom stereocenters. The highest BCUT2D eigenvalue weighted by Crippen LogP contribution is 2.11. The van der Waals surface area contributed by atoms with E-state index in [2.05, 4.69) is 10.6 Å². The molecular formula is C9H19N3O2. The van der Waals surface area contributed by atoms with Gasteiger partial charge in [-0.1, -0.05) is 0 Å². The van der Waals surface area contributed by atoms with Crippen LogP contribution in [0.4, 0.5) is 0 Å². The fourth-order valence-corrected chi connectivity index (χ4v) is 0.747. The molecule has 4 N–H and O–H groups in total. The molecule has 0 saturated carbocycles. The van der Waals surface area contributed by atoms with Crippen LogP contribution in [-0.2, 0) is 9.59 Å². The molecule has 0 heterocycles. The van der Waals surface area contributed by atoms with Gasteiger partial charge >= 0.3 is 0 Å². The van der Waals surface area contributed by atoms with E-state index in [9.17, 15) is 9.59 Å². The van der Waals surface area contributed by atoms with Gasteiger partial charge in [-0.25, -0.2) is 0 Å². The molecule has 0 aromatic carbocycles. The third-order valence-electron chi connectivity index (χ3n) is 1.91. The predicted molar refractivity (Wildman–Crippen MR) is 54.5 cm³/mol. The van der Waals surface area contributed by atoms with E-state index in [1.54, 1.807) is 13.8 Å². The summed E-state index contributed by atoms with van der Waals surface area (Å²) in [6.45, 7) is 6.18. The Morgan fingerprint density at radius 1 is 1.21 bits per heavy atom. The number of carbonyl (C=O) groups is 2. The molecule has 0 atom stereocenters. The van der Waals surface area contributed by atoms with Crippen molar-refractivity contribution < 1.29 is 9.59 Å². The van der Waals surface area contributed by atoms with Crippen LogP contribution in [0.1, 0.15) is 20.8 Å². The summed E-state index contributed by atoms with van der Waals surface area (Å²) in [4.78, 5) is 21.9. The van der Waals surface area contributed by atoms with E-state index in [-0.39, 0.29) is 11.8 Å². The van der Waals surface area contributed by atoms with E-state index < -0.39 is 5.41 Å². The summed E-state index contributed by atoms with van der Waals surface area (Å²) < 4.78 is 0. The van der Waals surface area contributed by atoms with E-state index in [1.807, 2.05) is 0 Å². The van der Waals surface area contributed by atoms with Crippen molar-refractivity contribution in [3.8, 4) is 0 Å². The molecule has 0 aliphatic carbocycles. The summed E-state index contributed by atoms with van der Waals surface area (Å²) in [5.74, 6) is -0.192. The second-order valence-electron chi connectivity index (χ2n) is 3.83. The zero-order valence-corrected chi connectivity index (χ0v) is 9.02. The number of rotatable bonds is 5. The molecule has 0 bridgehead atoms. The van der Waals surface area contributed by atoms with Crippen LogP contribution in [0, 0.1) is 5.41 Å². The Morgan fingerprint density at radius 3 is 2.14 bits per heavy atom. The lowest BCUT2D eigenvalue weighted by molar-refractivity contribution is -0.129. The normalized spacial score (nSPS) is 10.9. The minimum absolute atomic E-state index is 0.0923. The zero-order valence-electron chi connectivity index (χ0n) is 9.02. The van der Waals surface area contributed by atoms with Gasteiger partial charge in [-0.2, -0.15) is 0 Å². The number of hydrogen-bond acceptors (Lipinski definition) is 3. The van der Waals surface area contributed by atoms with E-state index in [4.69, 9.17) is 5.73 Å². The highest BCUT2D eigenvalue weighted by Gasteiger charge is 2.24. The standard InChI is InChI=1S/C9H19N3O2/c1-7(13)11-4-5-12-8(14)9(2,3)6-10/h4-6,10H2,1-3H3,(H,11,13)(H,12,14). The number of amides is 2. The summed E-state index contributed by atoms with van der Waals surface area (Å²) in [5, 5.41) is 5.28. The van der Waals surface area contributed by atoms with Crippen molar-refractivity contribution in [3.63, 3.8) is 0 Å². The molecule has 0 aliphatic rings. The Kier molecular flexibility index (Phi) is 5.15. The van der Waals surface area contributed by atoms with Gasteiger partial charge in [0.2, 0.25) is 11.8 Å². The summed E-state index contributed by atoms with van der Waals surface area (Å²) in [7, 11) is 0. The van der Waals surface area contributed by atoms with Crippen LogP contribution in [0.15, 0.2) is 0 Å². The maximum atomic E-state index is 11.4. The summed E-state index contributed by atoms with van der Waals surface area (Å²) in [5.41, 5.74) is 4.88. The van der Waals surface area contributed by atoms with E-state index in [0.29, 0.717) is 19.6 Å². The molecular weight excluding hydrogens is 182 g/mol. The van der Waals surface area contributed by atoms with Crippen molar-refractivity contribution in [1.29, 1.82) is 0 Å². The highest BCUT2D eigenvalue weighted by atomic mass is 16.2. The molecule has 5 heteroatoms. The Labute approximate surface area is 84.4 Å². The van der Waals surface area contributed by atoms with Gasteiger partial charge in [0, 0.05) is 26.6 Å². The third kappa shape index (κ3) is 4.81. The lowest BCUT2D eigenvalue weighted by atomic mass is 9.93. The first-order chi connectivity index (χ1) is 6.40. The molecule has 0 spiro atoms. The van der Waals surface area contributed by atoms with Crippen molar-refractivity contribution in [1.82, 2.24) is 10.6 Å². The van der Waals surface area contributed by atoms with E-state index >= 15 is 0 Å². The van der Waals surface area contributed by atoms with E-state index in [0.717, 1.165) is 0 Å². The maximum Gasteiger partial charge on any atom is 0.226 e. The van der Waals surface area contributed by atoms with Crippen LogP contribution in [0.3, 0.4) is 0 Å². The lowest BCUT2D eigenvalue weighted by Crippen LogP contribution is -2.44. The quantitative estimate of drug-likeness (QED) is 0.510. The molecule has 0 aromatic heterocycles. The fraction of sp³-hybridized carbons (Fsp3) is 0.778. The van der Waals surface area contributed by atoms with E-state index in [1.165, 1.54) is 6.92 Å². The molecule has 14 heavy (non-hydrogen) atoms. The predicted octanol–water partition coefficient (Wildman–Crippen LogP) is -0.776. The van der Waals surface area contributed by atoms with Gasteiger partial charge in [0.15, 0.2) is 0 Å². The average Bonchev–Trinajstić information content (AvgIpc) is 2.11. The van der Waals surface area contributed by atoms with Crippen LogP contribution in [0.25, 0.3) is 0 Å². The molecule has 0 radical (unpaired) electrons. The van der Waals surface area contributed by atoms with Gasteiger partial charge in [0.25, 0.3) is 0 Å². The highest BCUT2D eigenvalue weighted by molar-refractivity contribution is 5.82. The minimum atomic E-state index is -0.545. The Balaban J connectivity index is 3.70. The van der Waals surface area contributed by atoms with Crippen LogP contribution in [-0.4, -0.2) is 31.4 Å². The van der Waals surface area contributed by atoms with Gasteiger partial charge in [-0.3, -0.25) is 9.59 Å². The monoisotopic (exact) mass is 201 g/mol. The Morgan fingerprint density at radius 2 is 1.71 bits per heavy atom. The number of nitrogens with two attached hydrogens (primary N) is 1. The van der Waals surface area contributed by atoms with Crippen molar-refractivity contribution in [3.05, 3.63) is 0 Å². The van der Waals surface area contributed by atoms with Crippen LogP contribution >= 0.6 is 0 Å². The largest absolute Gasteiger partial charge is 0.355 e. The number of nitrogens with one attached hydrogen (secondary N) is 2. The van der Waals surface area contributed by atoms with Gasteiger partial charge < -0.3 is 16.4 Å². The molecule has 5 nitrogen and oxygen atoms in total. The van der Waals surface area contributed by atoms with Crippen LogP contribution in [0.5, 0.6) is 0 Å². The van der Waals surface area contributed by atoms with Crippen molar-refractivity contribution >= 4 is 11.8 Å². The number of carbonyl (C=O) groups excluding carboxylic acids is 2. The molecule has 0 fully saturated rings. The van der Waals surface area contributed by atoms with Crippen LogP contribution in [0.2, 0.25) is 0 Å². The van der Waals surface area contributed by atoms with Crippen molar-refractivity contribution in [2.45, 2.75) is 20.8 Å². The van der Waals surface area contributed by atoms with Gasteiger partial charge in [-0.05, 0) is 13.8 Å². The zero-order chi connectivity index (χ0) is 11.2. The Bertz CT molecular complexity index is 214. The lowest BCUT2D eigenvalue weighted by Gasteiger charge is -2.21. The van der Waals surface area contributed by atoms with Gasteiger partial charge in [-0.15, -0.1) is 0 Å². The smallest absolute Gasteiger partial charge is 0.226 e. The van der Waals surface area contributed by atoms with Crippen molar-refractivity contribution in [2.75, 3.05) is 19.6 Å². The summed E-state index contributed by atoms with van der Waals surface area (Å²) in [6, 6.07) is 0. The SMILES string of the molecule is CC(=O)NCCNC(=O)C(C)(C)CN. The third-order valence-corrected chi connectivity index (χ3v) is 1.91. The first-order valence-corrected chi connectivity index (χ1v) is 4.63. The van der Waals surface area contributed by atoms with Gasteiger partial charge in [0.05, 0.1) is 5.41 Å². The molecule has 0 rings (SSSR count). The fourth-order valence-electron chi connectivity index (χ4n) is 0.747. The first-order valence-electron chi connectivity index (χ1n) is 4.63. The average molecular weight is 201 g/mol. The summed E-state index contributed by atoms with van der Waals surface area (Å²) in [6.07, 6.45) is 0. The molecule has 0 aromatic rings. The molecule has 82 valence electrons. The second kappa shape index (κ2) is 5.59. The maximum absolute atomic E-state index is 11.4. The number of hydrogen-bond donors (Lipinski definition) is 3.